The molecule has 0 bridgehead atoms. The largest absolute Gasteiger partial charge is 0.506 e. The summed E-state index contributed by atoms with van der Waals surface area (Å²) >= 11 is 0. The molecule has 6 nitrogen and oxygen atoms in total. The van der Waals surface area contributed by atoms with Crippen LogP contribution in [0.15, 0.2) is 24.3 Å². The van der Waals surface area contributed by atoms with Crippen molar-refractivity contribution in [3.63, 3.8) is 0 Å². The average molecular weight is 313 g/mol. The molecule has 1 unspecified atom stereocenters. The molecule has 2 aromatic heterocycles. The molecule has 1 aliphatic heterocycles. The minimum atomic E-state index is 0.250. The summed E-state index contributed by atoms with van der Waals surface area (Å²) in [5.41, 5.74) is 2.55. The summed E-state index contributed by atoms with van der Waals surface area (Å²) in [6, 6.07) is 7.90. The molecule has 0 saturated carbocycles. The van der Waals surface area contributed by atoms with Crippen molar-refractivity contribution >= 4 is 5.82 Å². The Morgan fingerprint density at radius 3 is 2.78 bits per heavy atom. The highest BCUT2D eigenvalue weighted by atomic mass is 16.3. The number of anilines is 1. The van der Waals surface area contributed by atoms with Crippen LogP contribution in [-0.2, 0) is 6.54 Å². The van der Waals surface area contributed by atoms with Crippen molar-refractivity contribution in [1.29, 1.82) is 0 Å². The number of aryl methyl sites for hydroxylation is 2. The minimum absolute atomic E-state index is 0.250. The zero-order valence-corrected chi connectivity index (χ0v) is 13.7. The first kappa shape index (κ1) is 15.7. The number of aromatic nitrogens is 3. The lowest BCUT2D eigenvalue weighted by atomic mass is 10.1. The van der Waals surface area contributed by atoms with Crippen molar-refractivity contribution in [1.82, 2.24) is 20.5 Å². The third-order valence-electron chi connectivity index (χ3n) is 4.18. The molecule has 1 fully saturated rings. The molecule has 0 radical (unpaired) electrons. The predicted octanol–water partition coefficient (Wildman–Crippen LogP) is 1.95. The van der Waals surface area contributed by atoms with Crippen molar-refractivity contribution in [3.05, 3.63) is 41.3 Å². The van der Waals surface area contributed by atoms with E-state index in [1.165, 1.54) is 0 Å². The zero-order chi connectivity index (χ0) is 16.2. The van der Waals surface area contributed by atoms with Crippen molar-refractivity contribution < 1.29 is 5.11 Å². The predicted molar refractivity (Wildman–Crippen MR) is 89.5 cm³/mol. The summed E-state index contributed by atoms with van der Waals surface area (Å²) in [7, 11) is 0. The topological polar surface area (TPSA) is 74.2 Å². The van der Waals surface area contributed by atoms with Gasteiger partial charge in [0.15, 0.2) is 5.82 Å². The molecule has 1 atom stereocenters. The lowest BCUT2D eigenvalue weighted by molar-refractivity contribution is 0.407. The van der Waals surface area contributed by atoms with Gasteiger partial charge in [-0.1, -0.05) is 0 Å². The van der Waals surface area contributed by atoms with Crippen molar-refractivity contribution in [2.45, 2.75) is 39.3 Å². The molecule has 122 valence electrons. The highest BCUT2D eigenvalue weighted by Gasteiger charge is 2.21. The summed E-state index contributed by atoms with van der Waals surface area (Å²) in [5.74, 6) is 1.18. The molecule has 3 heterocycles. The van der Waals surface area contributed by atoms with Crippen LogP contribution < -0.4 is 10.2 Å². The number of hydrogen-bond donors (Lipinski definition) is 2. The van der Waals surface area contributed by atoms with Crippen LogP contribution in [0.5, 0.6) is 5.75 Å². The van der Waals surface area contributed by atoms with Gasteiger partial charge < -0.3 is 15.3 Å². The number of nitrogens with zero attached hydrogens (tertiary/aromatic N) is 4. The highest BCUT2D eigenvalue weighted by Crippen LogP contribution is 2.19. The van der Waals surface area contributed by atoms with Gasteiger partial charge in [-0.05, 0) is 51.0 Å². The fourth-order valence-corrected chi connectivity index (χ4v) is 2.89. The fraction of sp³-hybridized carbons (Fsp3) is 0.471. The van der Waals surface area contributed by atoms with Crippen LogP contribution in [0.2, 0.25) is 0 Å². The molecule has 1 aliphatic rings. The number of nitrogens with one attached hydrogen (secondary N) is 1. The van der Waals surface area contributed by atoms with Gasteiger partial charge in [-0.2, -0.15) is 5.10 Å². The standard InChI is InChI=1S/C17H23N5O/c1-12-5-7-16(23)15(19-12)10-18-14-4-3-9-22(11-14)17-8-6-13(2)20-21-17/h5-8,14,18,23H,3-4,9-11H2,1-2H3. The van der Waals surface area contributed by atoms with Gasteiger partial charge in [0.25, 0.3) is 0 Å². The number of piperidine rings is 1. The van der Waals surface area contributed by atoms with Crippen molar-refractivity contribution in [2.75, 3.05) is 18.0 Å². The van der Waals surface area contributed by atoms with E-state index >= 15 is 0 Å². The van der Waals surface area contributed by atoms with E-state index in [0.717, 1.165) is 43.1 Å². The maximum Gasteiger partial charge on any atom is 0.151 e. The van der Waals surface area contributed by atoms with Crippen LogP contribution in [0, 0.1) is 13.8 Å². The Bertz CT molecular complexity index is 659. The second-order valence-corrected chi connectivity index (χ2v) is 6.12. The van der Waals surface area contributed by atoms with Gasteiger partial charge in [-0.25, -0.2) is 0 Å². The Morgan fingerprint density at radius 2 is 2.00 bits per heavy atom. The van der Waals surface area contributed by atoms with Crippen LogP contribution in [0.3, 0.4) is 0 Å². The van der Waals surface area contributed by atoms with E-state index < -0.39 is 0 Å². The molecule has 2 N–H and O–H groups in total. The van der Waals surface area contributed by atoms with Crippen LogP contribution >= 0.6 is 0 Å². The highest BCUT2D eigenvalue weighted by molar-refractivity contribution is 5.38. The van der Waals surface area contributed by atoms with Gasteiger partial charge in [0.2, 0.25) is 0 Å². The molecular weight excluding hydrogens is 290 g/mol. The molecule has 1 saturated heterocycles. The first-order valence-corrected chi connectivity index (χ1v) is 8.06. The molecule has 6 heteroatoms. The summed E-state index contributed by atoms with van der Waals surface area (Å²) < 4.78 is 0. The van der Waals surface area contributed by atoms with Gasteiger partial charge in [-0.3, -0.25) is 4.98 Å². The van der Waals surface area contributed by atoms with E-state index in [0.29, 0.717) is 18.3 Å². The molecular formula is C17H23N5O. The quantitative estimate of drug-likeness (QED) is 0.899. The van der Waals surface area contributed by atoms with Crippen molar-refractivity contribution in [3.8, 4) is 5.75 Å². The van der Waals surface area contributed by atoms with Gasteiger partial charge in [0.1, 0.15) is 5.75 Å². The van der Waals surface area contributed by atoms with E-state index in [9.17, 15) is 5.11 Å². The number of aromatic hydroxyl groups is 1. The third kappa shape index (κ3) is 3.96. The maximum absolute atomic E-state index is 9.89. The van der Waals surface area contributed by atoms with Crippen LogP contribution in [-0.4, -0.2) is 39.4 Å². The van der Waals surface area contributed by atoms with Gasteiger partial charge in [0, 0.05) is 31.4 Å². The lowest BCUT2D eigenvalue weighted by Gasteiger charge is -2.33. The average Bonchev–Trinajstić information content (AvgIpc) is 2.57. The van der Waals surface area contributed by atoms with E-state index in [-0.39, 0.29) is 5.75 Å². The van der Waals surface area contributed by atoms with Gasteiger partial charge >= 0.3 is 0 Å². The Hall–Kier alpha value is -2.21. The smallest absolute Gasteiger partial charge is 0.151 e. The maximum atomic E-state index is 9.89. The van der Waals surface area contributed by atoms with E-state index in [1.54, 1.807) is 6.07 Å². The van der Waals surface area contributed by atoms with Crippen LogP contribution in [0.1, 0.15) is 29.9 Å². The van der Waals surface area contributed by atoms with Crippen molar-refractivity contribution in [2.24, 2.45) is 0 Å². The fourth-order valence-electron chi connectivity index (χ4n) is 2.89. The van der Waals surface area contributed by atoms with E-state index in [4.69, 9.17) is 0 Å². The van der Waals surface area contributed by atoms with Gasteiger partial charge in [0.05, 0.1) is 11.4 Å². The first-order valence-electron chi connectivity index (χ1n) is 8.06. The third-order valence-corrected chi connectivity index (χ3v) is 4.18. The Morgan fingerprint density at radius 1 is 1.17 bits per heavy atom. The SMILES string of the molecule is Cc1ccc(N2CCCC(NCc3nc(C)ccc3O)C2)nn1. The number of hydrogen-bond acceptors (Lipinski definition) is 6. The number of rotatable bonds is 4. The first-order chi connectivity index (χ1) is 11.1. The molecule has 23 heavy (non-hydrogen) atoms. The Labute approximate surface area is 136 Å². The Kier molecular flexibility index (Phi) is 4.71. The zero-order valence-electron chi connectivity index (χ0n) is 13.7. The molecule has 0 aliphatic carbocycles. The van der Waals surface area contributed by atoms with E-state index in [1.807, 2.05) is 32.0 Å². The summed E-state index contributed by atoms with van der Waals surface area (Å²) in [5, 5.41) is 21.8. The second-order valence-electron chi connectivity index (χ2n) is 6.12. The normalized spacial score (nSPS) is 18.2. The lowest BCUT2D eigenvalue weighted by Crippen LogP contribution is -2.46. The molecule has 0 aromatic carbocycles. The summed E-state index contributed by atoms with van der Waals surface area (Å²) in [6.07, 6.45) is 2.23. The summed E-state index contributed by atoms with van der Waals surface area (Å²) in [4.78, 5) is 6.66. The van der Waals surface area contributed by atoms with E-state index in [2.05, 4.69) is 25.4 Å². The molecule has 0 amide bonds. The molecule has 2 aromatic rings. The number of pyridine rings is 1. The monoisotopic (exact) mass is 313 g/mol. The second kappa shape index (κ2) is 6.91. The molecule has 3 rings (SSSR count). The van der Waals surface area contributed by atoms with Crippen LogP contribution in [0.25, 0.3) is 0 Å². The Balaban J connectivity index is 1.60. The van der Waals surface area contributed by atoms with Crippen LogP contribution in [0.4, 0.5) is 5.82 Å². The summed E-state index contributed by atoms with van der Waals surface area (Å²) in [6.45, 7) is 6.35. The minimum Gasteiger partial charge on any atom is -0.506 e. The molecule has 0 spiro atoms. The van der Waals surface area contributed by atoms with Gasteiger partial charge in [-0.15, -0.1) is 5.10 Å².